The van der Waals surface area contributed by atoms with Gasteiger partial charge in [0.1, 0.15) is 0 Å². The quantitative estimate of drug-likeness (QED) is 0.535. The Labute approximate surface area is 154 Å². The van der Waals surface area contributed by atoms with Crippen LogP contribution in [0.1, 0.15) is 28.7 Å². The monoisotopic (exact) mass is 370 g/mol. The van der Waals surface area contributed by atoms with E-state index in [-0.39, 0.29) is 11.8 Å². The number of fused-ring (bicyclic) bond motifs is 1. The SMILES string of the molecule is Cc1cc(C)n2nc(S[C@H](C)C(=O)NNC(=O)c3ccccc3)nc2n1. The number of aromatic nitrogens is 4. The van der Waals surface area contributed by atoms with Gasteiger partial charge in [0.25, 0.3) is 17.6 Å². The third kappa shape index (κ3) is 3.99. The van der Waals surface area contributed by atoms with Gasteiger partial charge in [0, 0.05) is 17.0 Å². The first kappa shape index (κ1) is 17.9. The fourth-order valence-electron chi connectivity index (χ4n) is 2.29. The van der Waals surface area contributed by atoms with Crippen molar-refractivity contribution in [1.82, 2.24) is 30.4 Å². The molecule has 134 valence electrons. The molecule has 9 heteroatoms. The molecule has 26 heavy (non-hydrogen) atoms. The number of carbonyl (C=O) groups excluding carboxylic acids is 2. The van der Waals surface area contributed by atoms with Crippen LogP contribution in [-0.2, 0) is 4.79 Å². The Bertz CT molecular complexity index is 957. The van der Waals surface area contributed by atoms with Crippen LogP contribution in [-0.4, -0.2) is 36.6 Å². The van der Waals surface area contributed by atoms with Gasteiger partial charge in [0.05, 0.1) is 5.25 Å². The summed E-state index contributed by atoms with van der Waals surface area (Å²) in [5, 5.41) is 4.31. The molecular weight excluding hydrogens is 352 g/mol. The predicted octanol–water partition coefficient (Wildman–Crippen LogP) is 1.68. The Kier molecular flexibility index (Phi) is 5.17. The molecule has 0 bridgehead atoms. The highest BCUT2D eigenvalue weighted by Gasteiger charge is 2.19. The summed E-state index contributed by atoms with van der Waals surface area (Å²) in [5.74, 6) is -0.230. The van der Waals surface area contributed by atoms with Gasteiger partial charge >= 0.3 is 0 Å². The van der Waals surface area contributed by atoms with Crippen LogP contribution in [0.25, 0.3) is 5.78 Å². The van der Waals surface area contributed by atoms with Gasteiger partial charge < -0.3 is 0 Å². The maximum atomic E-state index is 12.2. The number of hydrogen-bond donors (Lipinski definition) is 2. The van der Waals surface area contributed by atoms with Crippen molar-refractivity contribution in [2.24, 2.45) is 0 Å². The van der Waals surface area contributed by atoms with Crippen molar-refractivity contribution in [2.75, 3.05) is 0 Å². The molecule has 0 aliphatic carbocycles. The zero-order valence-electron chi connectivity index (χ0n) is 14.6. The summed E-state index contributed by atoms with van der Waals surface area (Å²) in [5.41, 5.74) is 7.05. The van der Waals surface area contributed by atoms with Crippen molar-refractivity contribution < 1.29 is 9.59 Å². The largest absolute Gasteiger partial charge is 0.272 e. The topological polar surface area (TPSA) is 101 Å². The number of rotatable bonds is 4. The Morgan fingerprint density at radius 3 is 2.58 bits per heavy atom. The van der Waals surface area contributed by atoms with Crippen LogP contribution >= 0.6 is 11.8 Å². The van der Waals surface area contributed by atoms with Gasteiger partial charge in [-0.05, 0) is 39.0 Å². The highest BCUT2D eigenvalue weighted by atomic mass is 32.2. The molecule has 0 saturated carbocycles. The van der Waals surface area contributed by atoms with Crippen LogP contribution in [0.5, 0.6) is 0 Å². The Morgan fingerprint density at radius 1 is 1.12 bits per heavy atom. The van der Waals surface area contributed by atoms with Gasteiger partial charge in [-0.15, -0.1) is 5.10 Å². The summed E-state index contributed by atoms with van der Waals surface area (Å²) in [6.45, 7) is 5.52. The summed E-state index contributed by atoms with van der Waals surface area (Å²) in [7, 11) is 0. The van der Waals surface area contributed by atoms with E-state index in [4.69, 9.17) is 0 Å². The molecule has 3 aromatic rings. The number of nitrogens with zero attached hydrogens (tertiary/aromatic N) is 4. The van der Waals surface area contributed by atoms with E-state index in [9.17, 15) is 9.59 Å². The summed E-state index contributed by atoms with van der Waals surface area (Å²) < 4.78 is 1.64. The highest BCUT2D eigenvalue weighted by molar-refractivity contribution is 8.00. The number of carbonyl (C=O) groups is 2. The first-order chi connectivity index (χ1) is 12.4. The fourth-order valence-corrected chi connectivity index (χ4v) is 3.04. The molecule has 3 rings (SSSR count). The van der Waals surface area contributed by atoms with Crippen molar-refractivity contribution >= 4 is 29.4 Å². The molecule has 2 amide bonds. The first-order valence-electron chi connectivity index (χ1n) is 7.97. The summed E-state index contributed by atoms with van der Waals surface area (Å²) in [6.07, 6.45) is 0. The number of thioether (sulfide) groups is 1. The van der Waals surface area contributed by atoms with Crippen LogP contribution in [0.3, 0.4) is 0 Å². The van der Waals surface area contributed by atoms with Crippen molar-refractivity contribution in [3.05, 3.63) is 53.3 Å². The zero-order chi connectivity index (χ0) is 18.7. The number of aryl methyl sites for hydroxylation is 2. The van der Waals surface area contributed by atoms with Crippen LogP contribution in [0.15, 0.2) is 41.6 Å². The average molecular weight is 370 g/mol. The molecule has 0 aliphatic rings. The molecule has 8 nitrogen and oxygen atoms in total. The van der Waals surface area contributed by atoms with Crippen molar-refractivity contribution in [2.45, 2.75) is 31.2 Å². The molecule has 0 spiro atoms. The third-order valence-electron chi connectivity index (χ3n) is 3.59. The van der Waals surface area contributed by atoms with Gasteiger partial charge in [0.2, 0.25) is 5.16 Å². The number of benzene rings is 1. The fraction of sp³-hybridized carbons (Fsp3) is 0.235. The van der Waals surface area contributed by atoms with E-state index < -0.39 is 5.25 Å². The molecule has 2 aromatic heterocycles. The smallest absolute Gasteiger partial charge is 0.269 e. The highest BCUT2D eigenvalue weighted by Crippen LogP contribution is 2.20. The van der Waals surface area contributed by atoms with E-state index in [2.05, 4.69) is 25.9 Å². The lowest BCUT2D eigenvalue weighted by Gasteiger charge is -2.11. The molecule has 0 radical (unpaired) electrons. The van der Waals surface area contributed by atoms with Crippen LogP contribution in [0.4, 0.5) is 0 Å². The van der Waals surface area contributed by atoms with Gasteiger partial charge in [-0.3, -0.25) is 20.4 Å². The summed E-state index contributed by atoms with van der Waals surface area (Å²) >= 11 is 1.19. The van der Waals surface area contributed by atoms with Crippen molar-refractivity contribution in [1.29, 1.82) is 0 Å². The Hall–Kier alpha value is -2.94. The van der Waals surface area contributed by atoms with E-state index >= 15 is 0 Å². The second kappa shape index (κ2) is 7.52. The summed E-state index contributed by atoms with van der Waals surface area (Å²) in [4.78, 5) is 32.8. The second-order valence-electron chi connectivity index (χ2n) is 5.71. The zero-order valence-corrected chi connectivity index (χ0v) is 15.4. The number of hydrogen-bond acceptors (Lipinski definition) is 6. The minimum absolute atomic E-state index is 0.348. The molecular formula is C17H18N6O2S. The lowest BCUT2D eigenvalue weighted by molar-refractivity contribution is -0.121. The van der Waals surface area contributed by atoms with Crippen molar-refractivity contribution in [3.8, 4) is 0 Å². The lowest BCUT2D eigenvalue weighted by Crippen LogP contribution is -2.44. The normalized spacial score (nSPS) is 12.0. The summed E-state index contributed by atoms with van der Waals surface area (Å²) in [6, 6.07) is 10.6. The maximum Gasteiger partial charge on any atom is 0.269 e. The van der Waals surface area contributed by atoms with E-state index in [0.717, 1.165) is 11.4 Å². The molecule has 1 aromatic carbocycles. The maximum absolute atomic E-state index is 12.2. The third-order valence-corrected chi connectivity index (χ3v) is 4.54. The molecule has 1 atom stereocenters. The van der Waals surface area contributed by atoms with E-state index in [0.29, 0.717) is 16.5 Å². The molecule has 2 heterocycles. The van der Waals surface area contributed by atoms with E-state index in [1.54, 1.807) is 35.7 Å². The average Bonchev–Trinajstić information content (AvgIpc) is 3.02. The Morgan fingerprint density at radius 2 is 1.85 bits per heavy atom. The first-order valence-corrected chi connectivity index (χ1v) is 8.85. The van der Waals surface area contributed by atoms with E-state index in [1.165, 1.54) is 11.8 Å². The number of hydrazine groups is 1. The molecule has 0 saturated heterocycles. The predicted molar refractivity (Wildman–Crippen MR) is 97.6 cm³/mol. The molecule has 0 unspecified atom stereocenters. The second-order valence-corrected chi connectivity index (χ2v) is 7.02. The van der Waals surface area contributed by atoms with Gasteiger partial charge in [-0.1, -0.05) is 30.0 Å². The molecule has 2 N–H and O–H groups in total. The van der Waals surface area contributed by atoms with Gasteiger partial charge in [-0.2, -0.15) is 4.98 Å². The van der Waals surface area contributed by atoms with Gasteiger partial charge in [0.15, 0.2) is 0 Å². The number of amides is 2. The van der Waals surface area contributed by atoms with E-state index in [1.807, 2.05) is 26.0 Å². The minimum Gasteiger partial charge on any atom is -0.272 e. The van der Waals surface area contributed by atoms with Crippen LogP contribution < -0.4 is 10.9 Å². The number of nitrogens with one attached hydrogen (secondary N) is 2. The van der Waals surface area contributed by atoms with Crippen LogP contribution in [0, 0.1) is 13.8 Å². The van der Waals surface area contributed by atoms with Gasteiger partial charge in [-0.25, -0.2) is 9.50 Å². The Balaban J connectivity index is 1.61. The minimum atomic E-state index is -0.495. The van der Waals surface area contributed by atoms with Crippen LogP contribution in [0.2, 0.25) is 0 Å². The lowest BCUT2D eigenvalue weighted by atomic mass is 10.2. The molecule has 0 fully saturated rings. The molecule has 0 aliphatic heterocycles. The standard InChI is InChI=1S/C17H18N6O2S/c1-10-9-11(2)23-16(18-10)19-17(22-23)26-12(3)14(24)20-21-15(25)13-7-5-4-6-8-13/h4-9,12H,1-3H3,(H,20,24)(H,21,25)/t12-/m1/s1. The van der Waals surface area contributed by atoms with Crippen molar-refractivity contribution in [3.63, 3.8) is 0 Å².